The van der Waals surface area contributed by atoms with Crippen LogP contribution in [0, 0.1) is 5.92 Å². The lowest BCUT2D eigenvalue weighted by Gasteiger charge is -2.41. The smallest absolute Gasteiger partial charge is 0.251 e. The van der Waals surface area contributed by atoms with Gasteiger partial charge in [0.05, 0.1) is 18.7 Å². The summed E-state index contributed by atoms with van der Waals surface area (Å²) < 4.78 is 5.65. The molecule has 0 bridgehead atoms. The molecule has 192 valence electrons. The number of amides is 1. The zero-order valence-corrected chi connectivity index (χ0v) is 21.1. The van der Waals surface area contributed by atoms with Crippen molar-refractivity contribution in [3.63, 3.8) is 0 Å². The topological polar surface area (TPSA) is 62.8 Å². The molecule has 37 heavy (non-hydrogen) atoms. The molecule has 1 amide bonds. The van der Waals surface area contributed by atoms with Crippen LogP contribution >= 0.6 is 0 Å². The Morgan fingerprint density at radius 1 is 0.973 bits per heavy atom. The summed E-state index contributed by atoms with van der Waals surface area (Å²) >= 11 is 0. The Morgan fingerprint density at radius 3 is 2.46 bits per heavy atom. The number of carbonyl (C=O) groups excluding carboxylic acids is 1. The van der Waals surface area contributed by atoms with Crippen LogP contribution < -0.4 is 10.6 Å². The second-order valence-corrected chi connectivity index (χ2v) is 10.5. The molecule has 2 N–H and O–H groups in total. The van der Waals surface area contributed by atoms with Gasteiger partial charge in [-0.15, -0.1) is 0 Å². The van der Waals surface area contributed by atoms with Crippen molar-refractivity contribution < 1.29 is 14.4 Å². The van der Waals surface area contributed by atoms with E-state index in [9.17, 15) is 4.79 Å². The minimum Gasteiger partial charge on any atom is -0.381 e. The third-order valence-electron chi connectivity index (χ3n) is 8.28. The van der Waals surface area contributed by atoms with E-state index < -0.39 is 0 Å². The largest absolute Gasteiger partial charge is 0.381 e. The fraction of sp³-hybridized carbons (Fsp3) is 0.387. The van der Waals surface area contributed by atoms with Crippen LogP contribution in [0.5, 0.6) is 0 Å². The zero-order valence-electron chi connectivity index (χ0n) is 21.1. The van der Waals surface area contributed by atoms with E-state index in [0.717, 1.165) is 32.2 Å². The van der Waals surface area contributed by atoms with Crippen LogP contribution in [0.3, 0.4) is 0 Å². The van der Waals surface area contributed by atoms with Gasteiger partial charge in [-0.25, -0.2) is 0 Å². The highest BCUT2D eigenvalue weighted by molar-refractivity contribution is 5.94. The Labute approximate surface area is 218 Å². The Morgan fingerprint density at radius 2 is 1.68 bits per heavy atom. The SMILES string of the molecule is O=C(NC1(CCON2CC[C@H]3[C@@H](c4ccccc4)Nc4ccccc4[C@H]32)CCOCC1)c1ccccc1. The zero-order chi connectivity index (χ0) is 25.1. The van der Waals surface area contributed by atoms with Gasteiger partial charge in [-0.05, 0) is 55.0 Å². The molecular weight excluding hydrogens is 462 g/mol. The first kappa shape index (κ1) is 24.2. The maximum absolute atomic E-state index is 13.0. The van der Waals surface area contributed by atoms with Gasteiger partial charge in [0.25, 0.3) is 5.91 Å². The molecule has 2 fully saturated rings. The van der Waals surface area contributed by atoms with Crippen molar-refractivity contribution in [2.24, 2.45) is 5.92 Å². The van der Waals surface area contributed by atoms with Crippen LogP contribution in [-0.4, -0.2) is 42.9 Å². The summed E-state index contributed by atoms with van der Waals surface area (Å²) in [6, 6.07) is 29.3. The Hall–Kier alpha value is -3.19. The number of rotatable bonds is 7. The average molecular weight is 498 g/mol. The molecule has 0 spiro atoms. The van der Waals surface area contributed by atoms with Gasteiger partial charge >= 0.3 is 0 Å². The normalized spacial score (nSPS) is 24.5. The van der Waals surface area contributed by atoms with Crippen LogP contribution in [0.1, 0.15) is 59.3 Å². The molecule has 3 heterocycles. The first-order chi connectivity index (χ1) is 18.2. The van der Waals surface area contributed by atoms with Crippen LogP contribution in [-0.2, 0) is 9.57 Å². The van der Waals surface area contributed by atoms with Crippen LogP contribution in [0.25, 0.3) is 0 Å². The number of nitrogens with zero attached hydrogens (tertiary/aromatic N) is 1. The minimum atomic E-state index is -0.317. The summed E-state index contributed by atoms with van der Waals surface area (Å²) in [6.07, 6.45) is 3.41. The second kappa shape index (κ2) is 10.7. The molecule has 0 aromatic heterocycles. The second-order valence-electron chi connectivity index (χ2n) is 10.5. The van der Waals surface area contributed by atoms with E-state index in [4.69, 9.17) is 9.57 Å². The number of anilines is 1. The monoisotopic (exact) mass is 497 g/mol. The van der Waals surface area contributed by atoms with Crippen LogP contribution in [0.15, 0.2) is 84.9 Å². The summed E-state index contributed by atoms with van der Waals surface area (Å²) in [5.74, 6) is 0.397. The maximum atomic E-state index is 13.0. The summed E-state index contributed by atoms with van der Waals surface area (Å²) in [6.45, 7) is 2.76. The van der Waals surface area contributed by atoms with Crippen molar-refractivity contribution in [2.75, 3.05) is 31.7 Å². The highest BCUT2D eigenvalue weighted by Gasteiger charge is 2.45. The molecule has 3 atom stereocenters. The third-order valence-corrected chi connectivity index (χ3v) is 8.28. The Kier molecular flexibility index (Phi) is 6.96. The molecule has 0 aliphatic carbocycles. The first-order valence-corrected chi connectivity index (χ1v) is 13.5. The highest BCUT2D eigenvalue weighted by Crippen LogP contribution is 2.51. The first-order valence-electron chi connectivity index (χ1n) is 13.5. The van der Waals surface area contributed by atoms with Gasteiger partial charge in [0.15, 0.2) is 0 Å². The molecule has 3 aromatic carbocycles. The summed E-state index contributed by atoms with van der Waals surface area (Å²) in [5, 5.41) is 9.36. The van der Waals surface area contributed by atoms with E-state index in [1.165, 1.54) is 16.8 Å². The number of fused-ring (bicyclic) bond motifs is 3. The predicted molar refractivity (Wildman–Crippen MR) is 144 cm³/mol. The van der Waals surface area contributed by atoms with E-state index in [2.05, 4.69) is 70.3 Å². The van der Waals surface area contributed by atoms with Gasteiger partial charge in [0.2, 0.25) is 0 Å². The summed E-state index contributed by atoms with van der Waals surface area (Å²) in [5.41, 5.74) is 4.18. The van der Waals surface area contributed by atoms with Gasteiger partial charge in [0.1, 0.15) is 0 Å². The van der Waals surface area contributed by atoms with Gasteiger partial charge < -0.3 is 15.4 Å². The van der Waals surface area contributed by atoms with Crippen molar-refractivity contribution in [3.05, 3.63) is 102 Å². The lowest BCUT2D eigenvalue weighted by atomic mass is 9.80. The summed E-state index contributed by atoms with van der Waals surface area (Å²) in [4.78, 5) is 19.6. The predicted octanol–water partition coefficient (Wildman–Crippen LogP) is 5.52. The number of carbonyl (C=O) groups is 1. The molecule has 3 aromatic rings. The molecule has 2 saturated heterocycles. The maximum Gasteiger partial charge on any atom is 0.251 e. The van der Waals surface area contributed by atoms with E-state index in [1.807, 2.05) is 30.3 Å². The van der Waals surface area contributed by atoms with E-state index in [-0.39, 0.29) is 23.5 Å². The van der Waals surface area contributed by atoms with Crippen LogP contribution in [0.2, 0.25) is 0 Å². The highest BCUT2D eigenvalue weighted by atomic mass is 16.7. The van der Waals surface area contributed by atoms with Crippen molar-refractivity contribution in [3.8, 4) is 0 Å². The van der Waals surface area contributed by atoms with Gasteiger partial charge in [-0.2, -0.15) is 5.06 Å². The van der Waals surface area contributed by atoms with E-state index >= 15 is 0 Å². The Bertz CT molecular complexity index is 1200. The van der Waals surface area contributed by atoms with Crippen molar-refractivity contribution in [1.82, 2.24) is 10.4 Å². The molecule has 6 heteroatoms. The lowest BCUT2D eigenvalue weighted by Crippen LogP contribution is -2.52. The standard InChI is InChI=1S/C31H35N3O3/c35-30(24-11-5-2-6-12-24)33-31(16-20-36-21-17-31)18-22-37-34-19-15-26-28(23-9-3-1-4-10-23)32-27-14-8-7-13-25(27)29(26)34/h1-14,26,28-29,32H,15-22H2,(H,33,35)/t26-,28+,29+/m0/s1. The quantitative estimate of drug-likeness (QED) is 0.450. The molecule has 3 aliphatic rings. The molecule has 0 saturated carbocycles. The van der Waals surface area contributed by atoms with Gasteiger partial charge in [-0.1, -0.05) is 66.7 Å². The lowest BCUT2D eigenvalue weighted by molar-refractivity contribution is -0.181. The number of hydrogen-bond donors (Lipinski definition) is 2. The van der Waals surface area contributed by atoms with Crippen molar-refractivity contribution >= 4 is 11.6 Å². The Balaban J connectivity index is 1.17. The van der Waals surface area contributed by atoms with Gasteiger partial charge in [0, 0.05) is 42.5 Å². The molecule has 0 radical (unpaired) electrons. The van der Waals surface area contributed by atoms with Crippen molar-refractivity contribution in [2.45, 2.75) is 43.3 Å². The number of nitrogens with one attached hydrogen (secondary N) is 2. The van der Waals surface area contributed by atoms with E-state index in [0.29, 0.717) is 31.3 Å². The number of hydrogen-bond acceptors (Lipinski definition) is 5. The number of ether oxygens (including phenoxy) is 1. The third kappa shape index (κ3) is 5.01. The van der Waals surface area contributed by atoms with Gasteiger partial charge in [-0.3, -0.25) is 9.63 Å². The number of hydroxylamine groups is 2. The van der Waals surface area contributed by atoms with Crippen LogP contribution in [0.4, 0.5) is 5.69 Å². The summed E-state index contributed by atoms with van der Waals surface area (Å²) in [7, 11) is 0. The molecule has 6 rings (SSSR count). The number of benzene rings is 3. The minimum absolute atomic E-state index is 0.0262. The number of para-hydroxylation sites is 1. The van der Waals surface area contributed by atoms with Crippen molar-refractivity contribution in [1.29, 1.82) is 0 Å². The molecule has 0 unspecified atom stereocenters. The molecule has 6 nitrogen and oxygen atoms in total. The molecular formula is C31H35N3O3. The fourth-order valence-electron chi connectivity index (χ4n) is 6.28. The van der Waals surface area contributed by atoms with E-state index in [1.54, 1.807) is 0 Å². The fourth-order valence-corrected chi connectivity index (χ4v) is 6.28. The molecule has 3 aliphatic heterocycles. The average Bonchev–Trinajstić information content (AvgIpc) is 3.38.